The minimum absolute atomic E-state index is 0.222. The first-order chi connectivity index (χ1) is 9.10. The topological polar surface area (TPSA) is 93.8 Å². The van der Waals surface area contributed by atoms with Gasteiger partial charge in [0.2, 0.25) is 0 Å². The second-order valence-corrected chi connectivity index (χ2v) is 3.90. The van der Waals surface area contributed by atoms with Crippen molar-refractivity contribution < 1.29 is 19.7 Å². The number of carbonyl (C=O) groups is 1. The zero-order chi connectivity index (χ0) is 14.3. The smallest absolute Gasteiger partial charge is 0.254 e. The average Bonchev–Trinajstić information content (AvgIpc) is 2.41. The number of nitrogens with zero attached hydrogens (tertiary/aromatic N) is 2. The molecule has 102 valence electrons. The van der Waals surface area contributed by atoms with Crippen LogP contribution in [0.4, 0.5) is 0 Å². The highest BCUT2D eigenvalue weighted by Crippen LogP contribution is 2.25. The molecule has 0 aliphatic rings. The van der Waals surface area contributed by atoms with Crippen LogP contribution in [0.5, 0.6) is 11.5 Å². The lowest BCUT2D eigenvalue weighted by Gasteiger charge is -2.21. The second-order valence-electron chi connectivity index (χ2n) is 3.90. The highest BCUT2D eigenvalue weighted by molar-refractivity contribution is 5.94. The maximum Gasteiger partial charge on any atom is 0.254 e. The molecular weight excluding hydrogens is 248 g/mol. The molecule has 0 aliphatic heterocycles. The monoisotopic (exact) mass is 264 g/mol. The number of phenols is 2. The van der Waals surface area contributed by atoms with E-state index in [0.29, 0.717) is 19.7 Å². The summed E-state index contributed by atoms with van der Waals surface area (Å²) in [5, 5.41) is 27.2. The summed E-state index contributed by atoms with van der Waals surface area (Å²) < 4.78 is 4.91. The molecule has 0 atom stereocenters. The normalized spacial score (nSPS) is 9.89. The van der Waals surface area contributed by atoms with Crippen LogP contribution in [0, 0.1) is 11.3 Å². The van der Waals surface area contributed by atoms with E-state index in [4.69, 9.17) is 10.00 Å². The van der Waals surface area contributed by atoms with Gasteiger partial charge in [-0.05, 0) is 18.2 Å². The molecular formula is C13H16N2O4. The summed E-state index contributed by atoms with van der Waals surface area (Å²) in [4.78, 5) is 13.7. The molecule has 6 heteroatoms. The van der Waals surface area contributed by atoms with Crippen LogP contribution in [0.2, 0.25) is 0 Å². The van der Waals surface area contributed by atoms with E-state index in [-0.39, 0.29) is 29.4 Å². The van der Waals surface area contributed by atoms with Crippen LogP contribution in [0.25, 0.3) is 0 Å². The van der Waals surface area contributed by atoms with E-state index in [0.717, 1.165) is 0 Å². The van der Waals surface area contributed by atoms with Crippen molar-refractivity contribution in [1.82, 2.24) is 4.90 Å². The Morgan fingerprint density at radius 3 is 2.68 bits per heavy atom. The van der Waals surface area contributed by atoms with Crippen molar-refractivity contribution in [3.63, 3.8) is 0 Å². The largest absolute Gasteiger partial charge is 0.504 e. The van der Waals surface area contributed by atoms with E-state index < -0.39 is 0 Å². The van der Waals surface area contributed by atoms with Crippen molar-refractivity contribution >= 4 is 5.91 Å². The number of hydrogen-bond donors (Lipinski definition) is 2. The summed E-state index contributed by atoms with van der Waals surface area (Å²) in [6, 6.07) is 5.85. The van der Waals surface area contributed by atoms with E-state index in [1.807, 2.05) is 6.07 Å². The predicted molar refractivity (Wildman–Crippen MR) is 67.8 cm³/mol. The van der Waals surface area contributed by atoms with Crippen molar-refractivity contribution in [1.29, 1.82) is 5.26 Å². The molecule has 0 unspecified atom stereocenters. The Labute approximate surface area is 111 Å². The Balaban J connectivity index is 2.84. The van der Waals surface area contributed by atoms with Gasteiger partial charge in [0, 0.05) is 25.8 Å². The lowest BCUT2D eigenvalue weighted by Crippen LogP contribution is -2.34. The van der Waals surface area contributed by atoms with Crippen molar-refractivity contribution in [2.45, 2.75) is 6.42 Å². The number of amides is 1. The summed E-state index contributed by atoms with van der Waals surface area (Å²) >= 11 is 0. The van der Waals surface area contributed by atoms with Gasteiger partial charge in [-0.15, -0.1) is 0 Å². The van der Waals surface area contributed by atoms with Crippen molar-refractivity contribution in [3.8, 4) is 17.6 Å². The molecule has 0 saturated carbocycles. The van der Waals surface area contributed by atoms with Crippen LogP contribution >= 0.6 is 0 Å². The van der Waals surface area contributed by atoms with Gasteiger partial charge in [-0.2, -0.15) is 5.26 Å². The Bertz CT molecular complexity index is 482. The zero-order valence-corrected chi connectivity index (χ0v) is 10.7. The molecule has 6 nitrogen and oxygen atoms in total. The highest BCUT2D eigenvalue weighted by Gasteiger charge is 2.16. The molecule has 0 spiro atoms. The van der Waals surface area contributed by atoms with Gasteiger partial charge in [-0.3, -0.25) is 4.79 Å². The van der Waals surface area contributed by atoms with Gasteiger partial charge >= 0.3 is 0 Å². The summed E-state index contributed by atoms with van der Waals surface area (Å²) in [6.07, 6.45) is 0.222. The van der Waals surface area contributed by atoms with Gasteiger partial charge in [0.25, 0.3) is 5.91 Å². The number of phenolic OH excluding ortho intramolecular Hbond substituents is 2. The number of nitriles is 1. The number of methoxy groups -OCH3 is 1. The molecule has 0 fully saturated rings. The van der Waals surface area contributed by atoms with Crippen LogP contribution in [0.1, 0.15) is 16.8 Å². The molecule has 1 rings (SSSR count). The van der Waals surface area contributed by atoms with Crippen molar-refractivity contribution in [2.24, 2.45) is 0 Å². The van der Waals surface area contributed by atoms with Crippen LogP contribution in [0.15, 0.2) is 18.2 Å². The molecule has 0 heterocycles. The third-order valence-electron chi connectivity index (χ3n) is 2.57. The first-order valence-electron chi connectivity index (χ1n) is 5.77. The van der Waals surface area contributed by atoms with Crippen molar-refractivity contribution in [2.75, 3.05) is 26.8 Å². The Hall–Kier alpha value is -2.26. The van der Waals surface area contributed by atoms with Crippen LogP contribution in [-0.4, -0.2) is 47.8 Å². The van der Waals surface area contributed by atoms with E-state index in [9.17, 15) is 15.0 Å². The lowest BCUT2D eigenvalue weighted by molar-refractivity contribution is 0.0699. The van der Waals surface area contributed by atoms with Crippen LogP contribution < -0.4 is 0 Å². The SMILES string of the molecule is COCCN(CCC#N)C(=O)c1ccc(O)c(O)c1. The number of benzene rings is 1. The molecule has 19 heavy (non-hydrogen) atoms. The van der Waals surface area contributed by atoms with Gasteiger partial charge in [-0.25, -0.2) is 0 Å². The molecule has 1 aromatic carbocycles. The first-order valence-corrected chi connectivity index (χ1v) is 5.77. The number of ether oxygens (including phenoxy) is 1. The Kier molecular flexibility index (Phi) is 5.64. The fraction of sp³-hybridized carbons (Fsp3) is 0.385. The van der Waals surface area contributed by atoms with Crippen LogP contribution in [-0.2, 0) is 4.74 Å². The standard InChI is InChI=1S/C13H16N2O4/c1-19-8-7-15(6-2-5-14)13(18)10-3-4-11(16)12(17)9-10/h3-4,9,16-17H,2,6-8H2,1H3. The number of carbonyl (C=O) groups excluding carboxylic acids is 1. The van der Waals surface area contributed by atoms with E-state index in [2.05, 4.69) is 0 Å². The first kappa shape index (κ1) is 14.8. The Morgan fingerprint density at radius 1 is 1.37 bits per heavy atom. The molecule has 1 aromatic rings. The molecule has 0 radical (unpaired) electrons. The minimum Gasteiger partial charge on any atom is -0.504 e. The molecule has 0 aliphatic carbocycles. The third-order valence-corrected chi connectivity index (χ3v) is 2.57. The molecule has 0 bridgehead atoms. The summed E-state index contributed by atoms with van der Waals surface area (Å²) in [6.45, 7) is 1.01. The number of aromatic hydroxyl groups is 2. The van der Waals surface area contributed by atoms with E-state index in [1.165, 1.54) is 30.2 Å². The molecule has 1 amide bonds. The number of rotatable bonds is 6. The van der Waals surface area contributed by atoms with E-state index in [1.54, 1.807) is 0 Å². The lowest BCUT2D eigenvalue weighted by atomic mass is 10.1. The van der Waals surface area contributed by atoms with Gasteiger partial charge in [0.15, 0.2) is 11.5 Å². The summed E-state index contributed by atoms with van der Waals surface area (Å²) in [5.41, 5.74) is 0.254. The summed E-state index contributed by atoms with van der Waals surface area (Å²) in [7, 11) is 1.53. The minimum atomic E-state index is -0.349. The quantitative estimate of drug-likeness (QED) is 0.750. The zero-order valence-electron chi connectivity index (χ0n) is 10.7. The van der Waals surface area contributed by atoms with Crippen molar-refractivity contribution in [3.05, 3.63) is 23.8 Å². The Morgan fingerprint density at radius 2 is 2.11 bits per heavy atom. The molecule has 0 saturated heterocycles. The molecule has 2 N–H and O–H groups in total. The number of hydrogen-bond acceptors (Lipinski definition) is 5. The van der Waals surface area contributed by atoms with Gasteiger partial charge in [0.1, 0.15) is 0 Å². The van der Waals surface area contributed by atoms with Gasteiger partial charge in [0.05, 0.1) is 19.1 Å². The van der Waals surface area contributed by atoms with Gasteiger partial charge < -0.3 is 19.8 Å². The third kappa shape index (κ3) is 4.16. The second kappa shape index (κ2) is 7.24. The fourth-order valence-corrected chi connectivity index (χ4v) is 1.54. The van der Waals surface area contributed by atoms with Crippen LogP contribution in [0.3, 0.4) is 0 Å². The maximum absolute atomic E-state index is 12.2. The summed E-state index contributed by atoms with van der Waals surface area (Å²) in [5.74, 6) is -0.947. The molecule has 0 aromatic heterocycles. The van der Waals surface area contributed by atoms with E-state index >= 15 is 0 Å². The predicted octanol–water partition coefficient (Wildman–Crippen LogP) is 1.10. The highest BCUT2D eigenvalue weighted by atomic mass is 16.5. The maximum atomic E-state index is 12.2. The average molecular weight is 264 g/mol. The van der Waals surface area contributed by atoms with Gasteiger partial charge in [-0.1, -0.05) is 0 Å². The fourth-order valence-electron chi connectivity index (χ4n) is 1.54.